The largest absolute Gasteiger partial charge is 0.336 e. The number of aromatic nitrogens is 3. The molecule has 4 aromatic rings. The van der Waals surface area contributed by atoms with Crippen molar-refractivity contribution in [2.24, 2.45) is 0 Å². The van der Waals surface area contributed by atoms with Gasteiger partial charge in [0.2, 0.25) is 10.0 Å². The Bertz CT molecular complexity index is 1400. The first-order valence-corrected chi connectivity index (χ1v) is 13.0. The first-order chi connectivity index (χ1) is 17.0. The zero-order chi connectivity index (χ0) is 24.3. The number of sulfonamides is 1. The van der Waals surface area contributed by atoms with E-state index < -0.39 is 10.0 Å². The topological polar surface area (TPSA) is 88.4 Å². The van der Waals surface area contributed by atoms with E-state index in [4.69, 9.17) is 5.10 Å². The number of hydrogen-bond acceptors (Lipinski definition) is 5. The summed E-state index contributed by atoms with van der Waals surface area (Å²) < 4.78 is 29.0. The Morgan fingerprint density at radius 2 is 1.54 bits per heavy atom. The number of hydrogen-bond donors (Lipinski definition) is 0. The molecule has 178 valence electrons. The van der Waals surface area contributed by atoms with E-state index in [1.165, 1.54) is 4.31 Å². The van der Waals surface area contributed by atoms with Crippen LogP contribution in [0.3, 0.4) is 0 Å². The van der Waals surface area contributed by atoms with Gasteiger partial charge in [-0.15, -0.1) is 0 Å². The molecule has 1 aliphatic rings. The molecule has 0 saturated carbocycles. The number of nitrogens with zero attached hydrogens (tertiary/aromatic N) is 5. The molecule has 0 aliphatic carbocycles. The summed E-state index contributed by atoms with van der Waals surface area (Å²) in [6.45, 7) is 1.15. The van der Waals surface area contributed by atoms with Crippen LogP contribution in [0.1, 0.15) is 15.9 Å². The van der Waals surface area contributed by atoms with Crippen LogP contribution in [0.5, 0.6) is 0 Å². The van der Waals surface area contributed by atoms with E-state index in [9.17, 15) is 13.2 Å². The molecule has 0 bridgehead atoms. The Labute approximate surface area is 204 Å². The van der Waals surface area contributed by atoms with E-state index in [0.717, 1.165) is 16.8 Å². The molecule has 1 saturated heterocycles. The van der Waals surface area contributed by atoms with Gasteiger partial charge >= 0.3 is 0 Å². The van der Waals surface area contributed by atoms with Crippen LogP contribution in [0.2, 0.25) is 0 Å². The third-order valence-corrected chi connectivity index (χ3v) is 7.86. The third kappa shape index (κ3) is 5.01. The summed E-state index contributed by atoms with van der Waals surface area (Å²) in [6, 6.07) is 22.4. The molecule has 0 radical (unpaired) electrons. The third-order valence-electron chi connectivity index (χ3n) is 6.01. The predicted molar refractivity (Wildman–Crippen MR) is 133 cm³/mol. The Morgan fingerprint density at radius 1 is 0.857 bits per heavy atom. The van der Waals surface area contributed by atoms with Crippen LogP contribution in [0, 0.1) is 0 Å². The minimum Gasteiger partial charge on any atom is -0.336 e. The lowest BCUT2D eigenvalue weighted by atomic mass is 10.1. The van der Waals surface area contributed by atoms with Gasteiger partial charge in [0.15, 0.2) is 0 Å². The number of carbonyl (C=O) groups excluding carboxylic acids is 1. The van der Waals surface area contributed by atoms with Gasteiger partial charge in [-0.25, -0.2) is 13.1 Å². The van der Waals surface area contributed by atoms with E-state index >= 15 is 0 Å². The molecule has 1 aliphatic heterocycles. The first-order valence-electron chi connectivity index (χ1n) is 11.4. The second-order valence-electron chi connectivity index (χ2n) is 8.35. The lowest BCUT2D eigenvalue weighted by Crippen LogP contribution is -2.50. The lowest BCUT2D eigenvalue weighted by molar-refractivity contribution is 0.0698. The SMILES string of the molecule is O=C(c1cn(-c2ccccc2)nc1-c1cccnc1)N1CCN(S(=O)(=O)Cc2ccccc2)CC1. The number of rotatable bonds is 6. The summed E-state index contributed by atoms with van der Waals surface area (Å²) in [4.78, 5) is 19.4. The van der Waals surface area contributed by atoms with Gasteiger partial charge in [0, 0.05) is 50.3 Å². The fourth-order valence-corrected chi connectivity index (χ4v) is 5.69. The molecule has 2 aromatic carbocycles. The van der Waals surface area contributed by atoms with Crippen molar-refractivity contribution in [2.75, 3.05) is 26.2 Å². The summed E-state index contributed by atoms with van der Waals surface area (Å²) >= 11 is 0. The van der Waals surface area contributed by atoms with Gasteiger partial charge in [-0.2, -0.15) is 9.40 Å². The molecular formula is C26H25N5O3S. The van der Waals surface area contributed by atoms with E-state index in [0.29, 0.717) is 24.3 Å². The Balaban J connectivity index is 1.36. The molecule has 1 fully saturated rings. The maximum Gasteiger partial charge on any atom is 0.257 e. The van der Waals surface area contributed by atoms with Gasteiger partial charge in [-0.05, 0) is 29.8 Å². The number of pyridine rings is 1. The average Bonchev–Trinajstić information content (AvgIpc) is 3.35. The highest BCUT2D eigenvalue weighted by Crippen LogP contribution is 2.25. The normalized spacial score (nSPS) is 14.7. The van der Waals surface area contributed by atoms with Crippen LogP contribution < -0.4 is 0 Å². The molecule has 0 atom stereocenters. The summed E-state index contributed by atoms with van der Waals surface area (Å²) in [7, 11) is -3.46. The van der Waals surface area contributed by atoms with Crippen molar-refractivity contribution in [1.29, 1.82) is 0 Å². The number of carbonyl (C=O) groups is 1. The molecular weight excluding hydrogens is 462 g/mol. The van der Waals surface area contributed by atoms with Gasteiger partial charge in [0.1, 0.15) is 5.69 Å². The second-order valence-corrected chi connectivity index (χ2v) is 10.3. The van der Waals surface area contributed by atoms with Crippen molar-refractivity contribution in [3.63, 3.8) is 0 Å². The number of amides is 1. The Morgan fingerprint density at radius 3 is 2.20 bits per heavy atom. The van der Waals surface area contributed by atoms with Gasteiger partial charge in [-0.1, -0.05) is 48.5 Å². The van der Waals surface area contributed by atoms with Crippen molar-refractivity contribution in [2.45, 2.75) is 5.75 Å². The van der Waals surface area contributed by atoms with Gasteiger partial charge < -0.3 is 4.90 Å². The highest BCUT2D eigenvalue weighted by molar-refractivity contribution is 7.88. The van der Waals surface area contributed by atoms with Gasteiger partial charge in [0.25, 0.3) is 5.91 Å². The number of para-hydroxylation sites is 1. The maximum atomic E-state index is 13.6. The zero-order valence-electron chi connectivity index (χ0n) is 19.1. The van der Waals surface area contributed by atoms with Crippen LogP contribution in [0.4, 0.5) is 0 Å². The Hall–Kier alpha value is -3.82. The number of benzene rings is 2. The second kappa shape index (κ2) is 9.81. The summed E-state index contributed by atoms with van der Waals surface area (Å²) in [5.74, 6) is -0.220. The van der Waals surface area contributed by atoms with Crippen LogP contribution in [-0.2, 0) is 15.8 Å². The van der Waals surface area contributed by atoms with Crippen molar-refractivity contribution in [3.8, 4) is 16.9 Å². The lowest BCUT2D eigenvalue weighted by Gasteiger charge is -2.34. The Kier molecular flexibility index (Phi) is 6.43. The molecule has 5 rings (SSSR count). The molecule has 0 unspecified atom stereocenters. The molecule has 2 aromatic heterocycles. The van der Waals surface area contributed by atoms with Crippen molar-refractivity contribution < 1.29 is 13.2 Å². The van der Waals surface area contributed by atoms with Crippen LogP contribution in [0.25, 0.3) is 16.9 Å². The standard InChI is InChI=1S/C26H25N5O3S/c32-26(29-14-16-30(17-15-29)35(33,34)20-21-8-3-1-4-9-21)24-19-31(23-11-5-2-6-12-23)28-25(24)22-10-7-13-27-18-22/h1-13,18-19H,14-17,20H2. The number of piperazine rings is 1. The molecule has 1 amide bonds. The molecule has 8 nitrogen and oxygen atoms in total. The maximum absolute atomic E-state index is 13.6. The minimum absolute atomic E-state index is 0.0449. The monoisotopic (exact) mass is 487 g/mol. The van der Waals surface area contributed by atoms with Crippen LogP contribution in [-0.4, -0.2) is 64.5 Å². The first kappa shape index (κ1) is 22.9. The molecule has 9 heteroatoms. The fraction of sp³-hybridized carbons (Fsp3) is 0.192. The van der Waals surface area contributed by atoms with Gasteiger partial charge in [-0.3, -0.25) is 9.78 Å². The molecule has 35 heavy (non-hydrogen) atoms. The van der Waals surface area contributed by atoms with Crippen LogP contribution >= 0.6 is 0 Å². The molecule has 0 N–H and O–H groups in total. The van der Waals surface area contributed by atoms with Gasteiger partial charge in [0.05, 0.1) is 17.0 Å². The van der Waals surface area contributed by atoms with E-state index in [1.54, 1.807) is 28.2 Å². The summed E-state index contributed by atoms with van der Waals surface area (Å²) in [6.07, 6.45) is 5.09. The summed E-state index contributed by atoms with van der Waals surface area (Å²) in [5.41, 5.74) is 3.34. The van der Waals surface area contributed by atoms with E-state index in [2.05, 4.69) is 4.98 Å². The van der Waals surface area contributed by atoms with E-state index in [-0.39, 0.29) is 24.7 Å². The summed E-state index contributed by atoms with van der Waals surface area (Å²) in [5, 5.41) is 4.69. The average molecular weight is 488 g/mol. The predicted octanol–water partition coefficient (Wildman–Crippen LogP) is 3.22. The minimum atomic E-state index is -3.46. The highest BCUT2D eigenvalue weighted by Gasteiger charge is 2.31. The van der Waals surface area contributed by atoms with Crippen molar-refractivity contribution >= 4 is 15.9 Å². The van der Waals surface area contributed by atoms with E-state index in [1.807, 2.05) is 72.8 Å². The quantitative estimate of drug-likeness (QED) is 0.417. The smallest absolute Gasteiger partial charge is 0.257 e. The fourth-order valence-electron chi connectivity index (χ4n) is 4.18. The van der Waals surface area contributed by atoms with Crippen LogP contribution in [0.15, 0.2) is 91.4 Å². The van der Waals surface area contributed by atoms with Crippen molar-refractivity contribution in [3.05, 3.63) is 103 Å². The zero-order valence-corrected chi connectivity index (χ0v) is 19.9. The van der Waals surface area contributed by atoms with Crippen molar-refractivity contribution in [1.82, 2.24) is 24.0 Å². The molecule has 0 spiro atoms. The highest BCUT2D eigenvalue weighted by atomic mass is 32.2. The molecule has 3 heterocycles.